The Hall–Kier alpha value is -2.41. The summed E-state index contributed by atoms with van der Waals surface area (Å²) in [5.41, 5.74) is 3.09. The van der Waals surface area contributed by atoms with Crippen LogP contribution in [0.2, 0.25) is 10.0 Å². The molecule has 1 aliphatic heterocycles. The fourth-order valence-electron chi connectivity index (χ4n) is 3.72. The standard InChI is InChI=1S/C24H23Cl2N3O2S/c1-15-16(2)32-24(27-22(30)20-10-9-19(25)13-21(20)26)29(15)14-17-5-7-18(8-6-17)23(31)28-11-3-4-12-28/h5-10,13H,3-4,11-12,14H2,1-2H3. The van der Waals surface area contributed by atoms with E-state index >= 15 is 0 Å². The van der Waals surface area contributed by atoms with Crippen LogP contribution >= 0.6 is 34.5 Å². The van der Waals surface area contributed by atoms with Gasteiger partial charge >= 0.3 is 0 Å². The second-order valence-corrected chi connectivity index (χ2v) is 9.88. The van der Waals surface area contributed by atoms with Crippen LogP contribution in [0.3, 0.4) is 0 Å². The maximum Gasteiger partial charge on any atom is 0.281 e. The SMILES string of the molecule is Cc1sc(=NC(=O)c2ccc(Cl)cc2Cl)n(Cc2ccc(C(=O)N3CCCC3)cc2)c1C. The molecule has 0 aliphatic carbocycles. The second kappa shape index (κ2) is 9.61. The van der Waals surface area contributed by atoms with Crippen LogP contribution in [0.15, 0.2) is 47.5 Å². The largest absolute Gasteiger partial charge is 0.339 e. The number of thiazole rings is 1. The van der Waals surface area contributed by atoms with Crippen molar-refractivity contribution < 1.29 is 9.59 Å². The molecule has 0 bridgehead atoms. The van der Waals surface area contributed by atoms with Crippen LogP contribution in [0.25, 0.3) is 0 Å². The van der Waals surface area contributed by atoms with Crippen LogP contribution < -0.4 is 4.80 Å². The van der Waals surface area contributed by atoms with Gasteiger partial charge in [-0.25, -0.2) is 0 Å². The van der Waals surface area contributed by atoms with Gasteiger partial charge in [0.25, 0.3) is 11.8 Å². The zero-order chi connectivity index (χ0) is 22.8. The summed E-state index contributed by atoms with van der Waals surface area (Å²) in [6.45, 7) is 6.23. The molecule has 1 fully saturated rings. The molecule has 0 radical (unpaired) electrons. The number of rotatable bonds is 4. The monoisotopic (exact) mass is 487 g/mol. The Morgan fingerprint density at radius 2 is 1.72 bits per heavy atom. The van der Waals surface area contributed by atoms with Crippen molar-refractivity contribution in [2.24, 2.45) is 4.99 Å². The number of hydrogen-bond acceptors (Lipinski definition) is 3. The molecule has 0 atom stereocenters. The average Bonchev–Trinajstić information content (AvgIpc) is 3.39. The molecule has 2 aromatic carbocycles. The van der Waals surface area contributed by atoms with Gasteiger partial charge < -0.3 is 9.47 Å². The van der Waals surface area contributed by atoms with E-state index in [1.54, 1.807) is 12.1 Å². The lowest BCUT2D eigenvalue weighted by atomic mass is 10.1. The van der Waals surface area contributed by atoms with Gasteiger partial charge in [-0.3, -0.25) is 9.59 Å². The third-order valence-corrected chi connectivity index (χ3v) is 7.33. The van der Waals surface area contributed by atoms with E-state index in [0.717, 1.165) is 42.1 Å². The first kappa shape index (κ1) is 22.8. The molecule has 0 saturated carbocycles. The highest BCUT2D eigenvalue weighted by atomic mass is 35.5. The van der Waals surface area contributed by atoms with E-state index in [1.165, 1.54) is 17.4 Å². The summed E-state index contributed by atoms with van der Waals surface area (Å²) in [6, 6.07) is 12.4. The first-order valence-electron chi connectivity index (χ1n) is 10.4. The van der Waals surface area contributed by atoms with E-state index in [2.05, 4.69) is 4.99 Å². The molecule has 8 heteroatoms. The third kappa shape index (κ3) is 4.82. The zero-order valence-electron chi connectivity index (χ0n) is 17.9. The van der Waals surface area contributed by atoms with E-state index in [9.17, 15) is 9.59 Å². The zero-order valence-corrected chi connectivity index (χ0v) is 20.2. The molecular formula is C24H23Cl2N3O2S. The smallest absolute Gasteiger partial charge is 0.281 e. The number of carbonyl (C=O) groups excluding carboxylic acids is 2. The summed E-state index contributed by atoms with van der Waals surface area (Å²) < 4.78 is 2.01. The van der Waals surface area contributed by atoms with Crippen molar-refractivity contribution in [3.63, 3.8) is 0 Å². The Morgan fingerprint density at radius 3 is 2.38 bits per heavy atom. The molecule has 1 aliphatic rings. The second-order valence-electron chi connectivity index (χ2n) is 7.85. The molecule has 166 valence electrons. The minimum atomic E-state index is -0.409. The van der Waals surface area contributed by atoms with Crippen molar-refractivity contribution in [1.29, 1.82) is 0 Å². The lowest BCUT2D eigenvalue weighted by Crippen LogP contribution is -2.27. The van der Waals surface area contributed by atoms with E-state index in [-0.39, 0.29) is 10.9 Å². The molecule has 3 aromatic rings. The van der Waals surface area contributed by atoms with Gasteiger partial charge in [-0.15, -0.1) is 11.3 Å². The normalized spacial score (nSPS) is 14.2. The number of nitrogens with zero attached hydrogens (tertiary/aromatic N) is 3. The molecule has 5 nitrogen and oxygen atoms in total. The van der Waals surface area contributed by atoms with Crippen LogP contribution in [0, 0.1) is 13.8 Å². The van der Waals surface area contributed by atoms with Gasteiger partial charge in [0.15, 0.2) is 4.80 Å². The lowest BCUT2D eigenvalue weighted by molar-refractivity contribution is 0.0792. The summed E-state index contributed by atoms with van der Waals surface area (Å²) in [7, 11) is 0. The van der Waals surface area contributed by atoms with Crippen molar-refractivity contribution in [2.45, 2.75) is 33.2 Å². The van der Waals surface area contributed by atoms with Crippen LogP contribution in [0.1, 0.15) is 49.7 Å². The topological polar surface area (TPSA) is 54.7 Å². The Morgan fingerprint density at radius 1 is 1.03 bits per heavy atom. The maximum atomic E-state index is 12.8. The van der Waals surface area contributed by atoms with Crippen molar-refractivity contribution in [1.82, 2.24) is 9.47 Å². The first-order chi connectivity index (χ1) is 15.3. The number of carbonyl (C=O) groups is 2. The van der Waals surface area contributed by atoms with Gasteiger partial charge in [-0.2, -0.15) is 4.99 Å². The summed E-state index contributed by atoms with van der Waals surface area (Å²) in [4.78, 5) is 33.3. The van der Waals surface area contributed by atoms with Crippen LogP contribution in [0.4, 0.5) is 0 Å². The summed E-state index contributed by atoms with van der Waals surface area (Å²) >= 11 is 13.6. The maximum absolute atomic E-state index is 12.8. The van der Waals surface area contributed by atoms with Gasteiger partial charge in [0.1, 0.15) is 0 Å². The van der Waals surface area contributed by atoms with Crippen LogP contribution in [-0.2, 0) is 6.54 Å². The molecule has 0 spiro atoms. The Labute approximate surface area is 200 Å². The van der Waals surface area contributed by atoms with Crippen molar-refractivity contribution in [3.8, 4) is 0 Å². The molecule has 0 N–H and O–H groups in total. The Kier molecular flexibility index (Phi) is 6.84. The van der Waals surface area contributed by atoms with Crippen molar-refractivity contribution >= 4 is 46.4 Å². The summed E-state index contributed by atoms with van der Waals surface area (Å²) in [5.74, 6) is -0.321. The van der Waals surface area contributed by atoms with E-state index in [0.29, 0.717) is 27.5 Å². The molecule has 1 aromatic heterocycles. The highest BCUT2D eigenvalue weighted by molar-refractivity contribution is 7.09. The molecule has 32 heavy (non-hydrogen) atoms. The van der Waals surface area contributed by atoms with Gasteiger partial charge in [-0.1, -0.05) is 35.3 Å². The van der Waals surface area contributed by atoms with Crippen molar-refractivity contribution in [2.75, 3.05) is 13.1 Å². The number of aryl methyl sites for hydroxylation is 1. The average molecular weight is 488 g/mol. The highest BCUT2D eigenvalue weighted by Gasteiger charge is 2.19. The molecule has 0 unspecified atom stereocenters. The molecule has 4 rings (SSSR count). The highest BCUT2D eigenvalue weighted by Crippen LogP contribution is 2.22. The number of amides is 2. The van der Waals surface area contributed by atoms with Crippen LogP contribution in [-0.4, -0.2) is 34.4 Å². The number of aromatic nitrogens is 1. The van der Waals surface area contributed by atoms with Gasteiger partial charge in [0, 0.05) is 34.2 Å². The first-order valence-corrected chi connectivity index (χ1v) is 12.0. The fraction of sp³-hybridized carbons (Fsp3) is 0.292. The predicted molar refractivity (Wildman–Crippen MR) is 129 cm³/mol. The van der Waals surface area contributed by atoms with Crippen molar-refractivity contribution in [3.05, 3.63) is 84.6 Å². The summed E-state index contributed by atoms with van der Waals surface area (Å²) in [6.07, 6.45) is 2.15. The molecular weight excluding hydrogens is 465 g/mol. The number of benzene rings is 2. The lowest BCUT2D eigenvalue weighted by Gasteiger charge is -2.15. The summed E-state index contributed by atoms with van der Waals surface area (Å²) in [5, 5.41) is 0.747. The fourth-order valence-corrected chi connectivity index (χ4v) is 5.18. The quantitative estimate of drug-likeness (QED) is 0.487. The number of likely N-dealkylation sites (tertiary alicyclic amines) is 1. The minimum Gasteiger partial charge on any atom is -0.339 e. The number of halogens is 2. The van der Waals surface area contributed by atoms with E-state index in [4.69, 9.17) is 23.2 Å². The minimum absolute atomic E-state index is 0.0883. The van der Waals surface area contributed by atoms with Gasteiger partial charge in [0.05, 0.1) is 17.1 Å². The van der Waals surface area contributed by atoms with Gasteiger partial charge in [-0.05, 0) is 62.6 Å². The van der Waals surface area contributed by atoms with Gasteiger partial charge in [0.2, 0.25) is 0 Å². The molecule has 2 amide bonds. The molecule has 2 heterocycles. The van der Waals surface area contributed by atoms with E-state index < -0.39 is 5.91 Å². The Balaban J connectivity index is 1.60. The van der Waals surface area contributed by atoms with E-state index in [1.807, 2.05) is 47.6 Å². The molecule has 1 saturated heterocycles. The Bertz CT molecular complexity index is 1240. The third-order valence-electron chi connectivity index (χ3n) is 5.68. The predicted octanol–water partition coefficient (Wildman–Crippen LogP) is 5.50. The van der Waals surface area contributed by atoms with Crippen LogP contribution in [0.5, 0.6) is 0 Å². The number of hydrogen-bond donors (Lipinski definition) is 0.